The number of aromatic nitrogens is 3. The molecule has 1 aliphatic heterocycles. The number of hydrogen-bond donors (Lipinski definition) is 2. The first-order valence-electron chi connectivity index (χ1n) is 5.51. The van der Waals surface area contributed by atoms with Gasteiger partial charge >= 0.3 is 5.97 Å². The first-order chi connectivity index (χ1) is 8.48. The van der Waals surface area contributed by atoms with Gasteiger partial charge in [0.2, 0.25) is 5.91 Å². The molecule has 1 aliphatic rings. The number of ether oxygens (including phenoxy) is 1. The Labute approximate surface area is 103 Å². The minimum atomic E-state index is -1.17. The Morgan fingerprint density at radius 2 is 2.44 bits per heavy atom. The van der Waals surface area contributed by atoms with Crippen LogP contribution < -0.4 is 5.32 Å². The van der Waals surface area contributed by atoms with Crippen LogP contribution in [0.5, 0.6) is 0 Å². The highest BCUT2D eigenvalue weighted by atomic mass is 16.5. The fourth-order valence-corrected chi connectivity index (χ4v) is 1.76. The summed E-state index contributed by atoms with van der Waals surface area (Å²) in [6.07, 6.45) is 1.98. The Morgan fingerprint density at radius 1 is 1.67 bits per heavy atom. The highest BCUT2D eigenvalue weighted by Gasteiger charge is 2.31. The Morgan fingerprint density at radius 3 is 3.00 bits per heavy atom. The van der Waals surface area contributed by atoms with E-state index in [4.69, 9.17) is 9.84 Å². The molecule has 0 saturated carbocycles. The van der Waals surface area contributed by atoms with Crippen molar-refractivity contribution < 1.29 is 19.4 Å². The molecule has 8 heteroatoms. The van der Waals surface area contributed by atoms with E-state index in [0.29, 0.717) is 13.2 Å². The van der Waals surface area contributed by atoms with Gasteiger partial charge in [0.05, 0.1) is 18.3 Å². The quantitative estimate of drug-likeness (QED) is 0.733. The van der Waals surface area contributed by atoms with Crippen LogP contribution >= 0.6 is 0 Å². The molecule has 0 radical (unpaired) electrons. The van der Waals surface area contributed by atoms with Crippen LogP contribution in [0.15, 0.2) is 6.20 Å². The van der Waals surface area contributed by atoms with Gasteiger partial charge in [-0.05, 0) is 13.3 Å². The smallest absolute Gasteiger partial charge is 0.358 e. The average Bonchev–Trinajstić information content (AvgIpc) is 2.87. The lowest BCUT2D eigenvalue weighted by molar-refractivity contribution is -0.123. The number of aromatic carboxylic acids is 1. The largest absolute Gasteiger partial charge is 0.476 e. The molecule has 1 fully saturated rings. The molecule has 8 nitrogen and oxygen atoms in total. The number of carboxylic acids is 1. The predicted octanol–water partition coefficient (Wildman–Crippen LogP) is -0.728. The molecule has 1 aromatic heterocycles. The van der Waals surface area contributed by atoms with Gasteiger partial charge in [0.25, 0.3) is 0 Å². The summed E-state index contributed by atoms with van der Waals surface area (Å²) in [4.78, 5) is 22.3. The van der Waals surface area contributed by atoms with Crippen molar-refractivity contribution in [2.24, 2.45) is 0 Å². The Kier molecular flexibility index (Phi) is 3.28. The molecule has 18 heavy (non-hydrogen) atoms. The van der Waals surface area contributed by atoms with E-state index in [-0.39, 0.29) is 23.7 Å². The summed E-state index contributed by atoms with van der Waals surface area (Å²) in [5.41, 5.74) is -0.536. The molecule has 2 heterocycles. The normalized spacial score (nSPS) is 22.9. The van der Waals surface area contributed by atoms with E-state index in [2.05, 4.69) is 15.6 Å². The molecule has 0 aromatic carbocycles. The molecule has 0 aliphatic carbocycles. The lowest BCUT2D eigenvalue weighted by atomic mass is 10.0. The molecule has 1 atom stereocenters. The number of nitrogens with one attached hydrogen (secondary N) is 1. The Balaban J connectivity index is 1.92. The van der Waals surface area contributed by atoms with Crippen LogP contribution in [0.3, 0.4) is 0 Å². The van der Waals surface area contributed by atoms with Crippen molar-refractivity contribution in [3.8, 4) is 0 Å². The van der Waals surface area contributed by atoms with Crippen molar-refractivity contribution in [3.63, 3.8) is 0 Å². The van der Waals surface area contributed by atoms with E-state index < -0.39 is 5.97 Å². The fraction of sp³-hybridized carbons (Fsp3) is 0.600. The lowest BCUT2D eigenvalue weighted by Gasteiger charge is -2.23. The topological polar surface area (TPSA) is 106 Å². The maximum absolute atomic E-state index is 11.8. The van der Waals surface area contributed by atoms with Crippen LogP contribution in [0.1, 0.15) is 23.8 Å². The van der Waals surface area contributed by atoms with Crippen LogP contribution in [-0.2, 0) is 16.1 Å². The summed E-state index contributed by atoms with van der Waals surface area (Å²) >= 11 is 0. The van der Waals surface area contributed by atoms with Gasteiger partial charge in [0.1, 0.15) is 6.54 Å². The predicted molar refractivity (Wildman–Crippen MR) is 59.0 cm³/mol. The van der Waals surface area contributed by atoms with Crippen molar-refractivity contribution in [1.82, 2.24) is 20.3 Å². The van der Waals surface area contributed by atoms with E-state index in [1.165, 1.54) is 10.9 Å². The Hall–Kier alpha value is -1.96. The van der Waals surface area contributed by atoms with E-state index in [1.807, 2.05) is 6.92 Å². The van der Waals surface area contributed by atoms with Crippen LogP contribution in [0.4, 0.5) is 0 Å². The first-order valence-corrected chi connectivity index (χ1v) is 5.51. The number of carbonyl (C=O) groups excluding carboxylic acids is 1. The molecular formula is C10H14N4O4. The summed E-state index contributed by atoms with van der Waals surface area (Å²) in [5, 5.41) is 18.5. The maximum atomic E-state index is 11.8. The molecule has 0 spiro atoms. The number of nitrogens with zero attached hydrogens (tertiary/aromatic N) is 3. The van der Waals surface area contributed by atoms with Crippen molar-refractivity contribution in [2.45, 2.75) is 25.4 Å². The number of rotatable bonds is 4. The highest BCUT2D eigenvalue weighted by Crippen LogP contribution is 2.17. The van der Waals surface area contributed by atoms with E-state index in [9.17, 15) is 9.59 Å². The van der Waals surface area contributed by atoms with Gasteiger partial charge in [-0.3, -0.25) is 4.79 Å². The second kappa shape index (κ2) is 4.73. The van der Waals surface area contributed by atoms with Crippen LogP contribution in [0.25, 0.3) is 0 Å². The van der Waals surface area contributed by atoms with Gasteiger partial charge in [0.15, 0.2) is 5.69 Å². The summed E-state index contributed by atoms with van der Waals surface area (Å²) in [6.45, 7) is 2.96. The summed E-state index contributed by atoms with van der Waals surface area (Å²) < 4.78 is 6.41. The minimum absolute atomic E-state index is 0.0597. The van der Waals surface area contributed by atoms with Gasteiger partial charge in [-0.25, -0.2) is 9.48 Å². The van der Waals surface area contributed by atoms with Crippen molar-refractivity contribution >= 4 is 11.9 Å². The van der Waals surface area contributed by atoms with Crippen molar-refractivity contribution in [1.29, 1.82) is 0 Å². The van der Waals surface area contributed by atoms with Crippen molar-refractivity contribution in [2.75, 3.05) is 13.2 Å². The first kappa shape index (κ1) is 12.5. The second-order valence-electron chi connectivity index (χ2n) is 4.52. The van der Waals surface area contributed by atoms with E-state index in [0.717, 1.165) is 6.42 Å². The third-order valence-corrected chi connectivity index (χ3v) is 2.72. The van der Waals surface area contributed by atoms with Crippen molar-refractivity contribution in [3.05, 3.63) is 11.9 Å². The zero-order valence-electron chi connectivity index (χ0n) is 9.92. The van der Waals surface area contributed by atoms with Crippen LogP contribution in [-0.4, -0.2) is 50.7 Å². The molecule has 1 saturated heterocycles. The third-order valence-electron chi connectivity index (χ3n) is 2.72. The average molecular weight is 254 g/mol. The van der Waals surface area contributed by atoms with Gasteiger partial charge in [-0.15, -0.1) is 5.10 Å². The zero-order chi connectivity index (χ0) is 13.2. The molecule has 0 bridgehead atoms. The fourth-order valence-electron chi connectivity index (χ4n) is 1.76. The van der Waals surface area contributed by atoms with Gasteiger partial charge < -0.3 is 15.2 Å². The van der Waals surface area contributed by atoms with Gasteiger partial charge in [0, 0.05) is 6.61 Å². The standard InChI is InChI=1S/C10H14N4O4/c1-10(2-3-18-6-10)11-8(15)5-14-4-7(9(16)17)12-13-14/h4H,2-3,5-6H2,1H3,(H,11,15)(H,16,17). The van der Waals surface area contributed by atoms with Gasteiger partial charge in [-0.2, -0.15) is 0 Å². The summed E-state index contributed by atoms with van der Waals surface area (Å²) in [5.74, 6) is -1.41. The summed E-state index contributed by atoms with van der Waals surface area (Å²) in [6, 6.07) is 0. The summed E-state index contributed by atoms with van der Waals surface area (Å²) in [7, 11) is 0. The molecule has 98 valence electrons. The van der Waals surface area contributed by atoms with Crippen LogP contribution in [0, 0.1) is 0 Å². The molecule has 1 aromatic rings. The van der Waals surface area contributed by atoms with E-state index >= 15 is 0 Å². The lowest BCUT2D eigenvalue weighted by Crippen LogP contribution is -2.47. The monoisotopic (exact) mass is 254 g/mol. The molecule has 1 amide bonds. The third kappa shape index (κ3) is 2.83. The molecule has 2 rings (SSSR count). The number of carboxylic acid groups (broad SMARTS) is 1. The molecule has 2 N–H and O–H groups in total. The SMILES string of the molecule is CC1(NC(=O)Cn2cc(C(=O)O)nn2)CCOC1. The van der Waals surface area contributed by atoms with E-state index in [1.54, 1.807) is 0 Å². The maximum Gasteiger partial charge on any atom is 0.358 e. The number of hydrogen-bond acceptors (Lipinski definition) is 5. The highest BCUT2D eigenvalue weighted by molar-refractivity contribution is 5.84. The Bertz CT molecular complexity index is 464. The van der Waals surface area contributed by atoms with Gasteiger partial charge in [-0.1, -0.05) is 5.21 Å². The molecular weight excluding hydrogens is 240 g/mol. The molecule has 1 unspecified atom stereocenters. The van der Waals surface area contributed by atoms with Crippen LogP contribution in [0.2, 0.25) is 0 Å². The second-order valence-corrected chi connectivity index (χ2v) is 4.52. The minimum Gasteiger partial charge on any atom is -0.476 e. The zero-order valence-corrected chi connectivity index (χ0v) is 9.92. The number of amides is 1. The number of carbonyl (C=O) groups is 2.